The van der Waals surface area contributed by atoms with Crippen LogP contribution in [0.4, 0.5) is 11.4 Å². The molecule has 0 unspecified atom stereocenters. The van der Waals surface area contributed by atoms with Gasteiger partial charge in [-0.3, -0.25) is 19.9 Å². The van der Waals surface area contributed by atoms with Crippen LogP contribution in [-0.2, 0) is 4.79 Å². The highest BCUT2D eigenvalue weighted by Gasteiger charge is 2.41. The van der Waals surface area contributed by atoms with Crippen molar-refractivity contribution < 1.29 is 18.9 Å². The number of nitrogens with one attached hydrogen (secondary N) is 2. The van der Waals surface area contributed by atoms with Crippen LogP contribution in [0.5, 0.6) is 5.75 Å². The molecule has 4 aromatic rings. The van der Waals surface area contributed by atoms with Gasteiger partial charge in [0, 0.05) is 30.9 Å². The summed E-state index contributed by atoms with van der Waals surface area (Å²) in [5.74, 6) is 1.27. The summed E-state index contributed by atoms with van der Waals surface area (Å²) in [7, 11) is 1.45. The molecule has 1 aliphatic heterocycles. The van der Waals surface area contributed by atoms with Gasteiger partial charge in [-0.15, -0.1) is 0 Å². The summed E-state index contributed by atoms with van der Waals surface area (Å²) in [5, 5.41) is 18.1. The molecular weight excluding hydrogens is 542 g/mol. The number of non-ortho nitro benzene ring substituents is 1. The minimum absolute atomic E-state index is 0.0803. The summed E-state index contributed by atoms with van der Waals surface area (Å²) < 4.78 is 11.8. The van der Waals surface area contributed by atoms with Gasteiger partial charge >= 0.3 is 0 Å². The minimum atomic E-state index is -0.475. The van der Waals surface area contributed by atoms with E-state index >= 15 is 0 Å². The zero-order valence-corrected chi connectivity index (χ0v) is 23.6. The molecule has 2 N–H and O–H groups in total. The van der Waals surface area contributed by atoms with E-state index in [0.29, 0.717) is 34.5 Å². The molecule has 11 heteroatoms. The van der Waals surface area contributed by atoms with Crippen molar-refractivity contribution in [2.45, 2.75) is 32.4 Å². The van der Waals surface area contributed by atoms with Gasteiger partial charge in [0.1, 0.15) is 23.3 Å². The number of carbonyl (C=O) groups excluding carboxylic acids is 1. The summed E-state index contributed by atoms with van der Waals surface area (Å²) in [6, 6.07) is 18.9. The van der Waals surface area contributed by atoms with Crippen LogP contribution in [0.1, 0.15) is 41.1 Å². The number of benzene rings is 2. The van der Waals surface area contributed by atoms with Crippen LogP contribution in [0, 0.1) is 24.0 Å². The molecule has 0 aliphatic carbocycles. The summed E-state index contributed by atoms with van der Waals surface area (Å²) in [6.45, 7) is 4.28. The van der Waals surface area contributed by atoms with E-state index in [9.17, 15) is 14.9 Å². The van der Waals surface area contributed by atoms with Gasteiger partial charge in [0.05, 0.1) is 35.4 Å². The van der Waals surface area contributed by atoms with Crippen molar-refractivity contribution in [3.05, 3.63) is 106 Å². The number of carbonyl (C=O) groups is 1. The first kappa shape index (κ1) is 27.8. The lowest BCUT2D eigenvalue weighted by atomic mass is 10.0. The van der Waals surface area contributed by atoms with Crippen molar-refractivity contribution in [2.75, 3.05) is 19.0 Å². The zero-order chi connectivity index (χ0) is 29.1. The molecule has 5 rings (SSSR count). The van der Waals surface area contributed by atoms with E-state index in [1.165, 1.54) is 19.2 Å². The number of hydrogen-bond acceptors (Lipinski definition) is 7. The SMILES string of the molecule is COc1cc([N+](=O)[O-])ccc1-c1ccc([C@H]2[C@H](c3ccccn3)NC(=S)N2CCC(=O)Nc2cc(C)ccc2C)o1. The van der Waals surface area contributed by atoms with Crippen molar-refractivity contribution in [1.82, 2.24) is 15.2 Å². The maximum Gasteiger partial charge on any atom is 0.273 e. The van der Waals surface area contributed by atoms with Crippen molar-refractivity contribution in [3.63, 3.8) is 0 Å². The first-order valence-corrected chi connectivity index (χ1v) is 13.4. The van der Waals surface area contributed by atoms with Crippen LogP contribution in [0.25, 0.3) is 11.3 Å². The van der Waals surface area contributed by atoms with Crippen LogP contribution in [-0.4, -0.2) is 39.5 Å². The first-order valence-electron chi connectivity index (χ1n) is 13.0. The van der Waals surface area contributed by atoms with E-state index in [0.717, 1.165) is 22.5 Å². The summed E-state index contributed by atoms with van der Waals surface area (Å²) in [6.07, 6.45) is 1.91. The number of nitrogens with zero attached hydrogens (tertiary/aromatic N) is 3. The molecule has 1 fully saturated rings. The normalized spacial score (nSPS) is 16.4. The Morgan fingerprint density at radius 3 is 2.73 bits per heavy atom. The lowest BCUT2D eigenvalue weighted by Crippen LogP contribution is -2.32. The van der Waals surface area contributed by atoms with Crippen molar-refractivity contribution >= 4 is 34.6 Å². The van der Waals surface area contributed by atoms with Gasteiger partial charge in [-0.1, -0.05) is 18.2 Å². The van der Waals surface area contributed by atoms with Gasteiger partial charge in [0.15, 0.2) is 5.11 Å². The Morgan fingerprint density at radius 1 is 1.17 bits per heavy atom. The Hall–Kier alpha value is -4.77. The lowest BCUT2D eigenvalue weighted by molar-refractivity contribution is -0.384. The highest BCUT2D eigenvalue weighted by Crippen LogP contribution is 2.42. The highest BCUT2D eigenvalue weighted by molar-refractivity contribution is 7.80. The number of pyridine rings is 1. The average molecular weight is 572 g/mol. The number of hydrogen-bond donors (Lipinski definition) is 2. The molecule has 1 aliphatic rings. The molecule has 0 saturated carbocycles. The maximum atomic E-state index is 13.0. The van der Waals surface area contributed by atoms with Crippen molar-refractivity contribution in [1.29, 1.82) is 0 Å². The van der Waals surface area contributed by atoms with E-state index < -0.39 is 11.0 Å². The number of aryl methyl sites for hydroxylation is 2. The van der Waals surface area contributed by atoms with Crippen LogP contribution in [0.3, 0.4) is 0 Å². The maximum absolute atomic E-state index is 13.0. The Kier molecular flexibility index (Phi) is 7.97. The Morgan fingerprint density at radius 2 is 2.00 bits per heavy atom. The highest BCUT2D eigenvalue weighted by atomic mass is 32.1. The molecule has 1 amide bonds. The van der Waals surface area contributed by atoms with Gasteiger partial charge in [0.25, 0.3) is 5.69 Å². The zero-order valence-electron chi connectivity index (χ0n) is 22.8. The summed E-state index contributed by atoms with van der Waals surface area (Å²) >= 11 is 5.72. The van der Waals surface area contributed by atoms with E-state index in [-0.39, 0.29) is 24.1 Å². The number of furan rings is 1. The van der Waals surface area contributed by atoms with Crippen molar-refractivity contribution in [3.8, 4) is 17.1 Å². The molecule has 1 saturated heterocycles. The molecule has 2 aromatic carbocycles. The number of nitro groups is 1. The van der Waals surface area contributed by atoms with Gasteiger partial charge in [-0.25, -0.2) is 0 Å². The number of methoxy groups -OCH3 is 1. The van der Waals surface area contributed by atoms with Crippen molar-refractivity contribution in [2.24, 2.45) is 0 Å². The third-order valence-corrected chi connectivity index (χ3v) is 7.38. The minimum Gasteiger partial charge on any atom is -0.496 e. The lowest BCUT2D eigenvalue weighted by Gasteiger charge is -2.26. The smallest absolute Gasteiger partial charge is 0.273 e. The Bertz CT molecular complexity index is 1610. The third kappa shape index (κ3) is 5.90. The van der Waals surface area contributed by atoms with Gasteiger partial charge in [-0.05, 0) is 73.6 Å². The standard InChI is InChI=1S/C30H29N5O5S/c1-18-7-8-19(2)23(16-18)32-27(36)13-15-34-29(28(33-30(34)41)22-6-4-5-14-31-22)25-12-11-24(40-25)21-10-9-20(35(37)38)17-26(21)39-3/h4-12,14,16-17,28-29H,13,15H2,1-3H3,(H,32,36)(H,33,41)/t28-,29-/m0/s1. The number of ether oxygens (including phenoxy) is 1. The van der Waals surface area contributed by atoms with Crippen LogP contribution in [0.15, 0.2) is 77.3 Å². The summed E-state index contributed by atoms with van der Waals surface area (Å²) in [4.78, 5) is 30.2. The first-order chi connectivity index (χ1) is 19.7. The number of amides is 1. The fourth-order valence-corrected chi connectivity index (χ4v) is 5.25. The van der Waals surface area contributed by atoms with Crippen LogP contribution < -0.4 is 15.4 Å². The monoisotopic (exact) mass is 571 g/mol. The predicted molar refractivity (Wildman–Crippen MR) is 159 cm³/mol. The van der Waals surface area contributed by atoms with Gasteiger partial charge in [0.2, 0.25) is 5.91 Å². The topological polar surface area (TPSA) is 123 Å². The Balaban J connectivity index is 1.43. The van der Waals surface area contributed by atoms with Crippen LogP contribution in [0.2, 0.25) is 0 Å². The second-order valence-corrected chi connectivity index (χ2v) is 10.2. The number of aromatic nitrogens is 1. The molecular formula is C30H29N5O5S. The quantitative estimate of drug-likeness (QED) is 0.144. The fourth-order valence-electron chi connectivity index (χ4n) is 4.91. The largest absolute Gasteiger partial charge is 0.496 e. The molecule has 2 atom stereocenters. The molecule has 0 bridgehead atoms. The molecule has 0 radical (unpaired) electrons. The molecule has 3 heterocycles. The van der Waals surface area contributed by atoms with E-state index in [4.69, 9.17) is 21.4 Å². The molecule has 2 aromatic heterocycles. The number of anilines is 1. The second-order valence-electron chi connectivity index (χ2n) is 9.78. The average Bonchev–Trinajstić information content (AvgIpc) is 3.58. The Labute approximate surface area is 242 Å². The van der Waals surface area contributed by atoms with E-state index in [2.05, 4.69) is 15.6 Å². The second kappa shape index (κ2) is 11.8. The van der Waals surface area contributed by atoms with Gasteiger partial charge in [-0.2, -0.15) is 0 Å². The molecule has 41 heavy (non-hydrogen) atoms. The predicted octanol–water partition coefficient (Wildman–Crippen LogP) is 5.88. The fraction of sp³-hybridized carbons (Fsp3) is 0.233. The van der Waals surface area contributed by atoms with E-state index in [1.807, 2.05) is 61.2 Å². The van der Waals surface area contributed by atoms with Gasteiger partial charge < -0.3 is 24.7 Å². The number of rotatable bonds is 9. The molecule has 210 valence electrons. The molecule has 0 spiro atoms. The van der Waals surface area contributed by atoms with Crippen LogP contribution >= 0.6 is 12.2 Å². The van der Waals surface area contributed by atoms with E-state index in [1.54, 1.807) is 18.3 Å². The number of nitro benzene ring substituents is 1. The summed E-state index contributed by atoms with van der Waals surface area (Å²) in [5.41, 5.74) is 4.10. The number of thiocarbonyl (C=S) groups is 1. The third-order valence-electron chi connectivity index (χ3n) is 7.02. The molecule has 10 nitrogen and oxygen atoms in total.